The molecule has 0 aliphatic heterocycles. The molecule has 0 saturated carbocycles. The predicted molar refractivity (Wildman–Crippen MR) is 178 cm³/mol. The molecule has 0 unspecified atom stereocenters. The monoisotopic (exact) mass is 632 g/mol. The maximum atomic E-state index is 12.3. The first-order chi connectivity index (χ1) is 19.7. The molecule has 6 heteroatoms. The molecule has 3 aromatic rings. The number of benzene rings is 3. The van der Waals surface area contributed by atoms with E-state index >= 15 is 0 Å². The molecule has 0 aromatic heterocycles. The van der Waals surface area contributed by atoms with Crippen molar-refractivity contribution in [1.82, 2.24) is 0 Å². The summed E-state index contributed by atoms with van der Waals surface area (Å²) in [5, 5.41) is 0.636. The number of allylic oxidation sites excluding steroid dienone is 7. The average molecular weight is 634 g/mol. The second kappa shape index (κ2) is 16.6. The van der Waals surface area contributed by atoms with E-state index in [0.29, 0.717) is 29.5 Å². The van der Waals surface area contributed by atoms with Crippen LogP contribution < -0.4 is 15.9 Å². The van der Waals surface area contributed by atoms with E-state index < -0.39 is 5.31 Å². The van der Waals surface area contributed by atoms with Gasteiger partial charge >= 0.3 is 181 Å². The summed E-state index contributed by atoms with van der Waals surface area (Å²) < 4.78 is 5.21. The number of esters is 1. The topological polar surface area (TPSA) is 60.4 Å². The second-order valence-electron chi connectivity index (χ2n) is 9.42. The zero-order valence-electron chi connectivity index (χ0n) is 24.1. The number of carbonyl (C=O) groups is 3. The van der Waals surface area contributed by atoms with Crippen molar-refractivity contribution < 1.29 is 19.1 Å². The summed E-state index contributed by atoms with van der Waals surface area (Å²) in [5.41, 5.74) is 1.94. The van der Waals surface area contributed by atoms with Gasteiger partial charge in [-0.05, 0) is 25.0 Å². The number of rotatable bonds is 11. The fourth-order valence-corrected chi connectivity index (χ4v) is 11.2. The van der Waals surface area contributed by atoms with Crippen molar-refractivity contribution in [2.75, 3.05) is 12.8 Å². The van der Waals surface area contributed by atoms with Gasteiger partial charge in [-0.25, -0.2) is 0 Å². The van der Waals surface area contributed by atoms with Crippen molar-refractivity contribution in [1.29, 1.82) is 0 Å². The minimum Gasteiger partial charge on any atom is -0.298 e. The fraction of sp³-hybridized carbons (Fsp3) is 0.171. The van der Waals surface area contributed by atoms with E-state index in [1.54, 1.807) is 38.2 Å². The Hall–Kier alpha value is -3.66. The number of hydrogen-bond acceptors (Lipinski definition) is 4. The van der Waals surface area contributed by atoms with Crippen LogP contribution in [-0.2, 0) is 19.1 Å². The van der Waals surface area contributed by atoms with Gasteiger partial charge in [-0.15, -0.1) is 0 Å². The number of hydrogen-bond donors (Lipinski definition) is 0. The van der Waals surface area contributed by atoms with Crippen molar-refractivity contribution in [3.05, 3.63) is 138 Å². The molecule has 0 radical (unpaired) electrons. The zero-order chi connectivity index (χ0) is 30.2. The Morgan fingerprint density at radius 2 is 1.07 bits per heavy atom. The van der Waals surface area contributed by atoms with Crippen LogP contribution in [-0.4, -0.2) is 31.3 Å². The first-order valence-electron chi connectivity index (χ1n) is 13.4. The summed E-state index contributed by atoms with van der Waals surface area (Å²) in [5.74, 6) is -0.265. The van der Waals surface area contributed by atoms with E-state index in [-0.39, 0.29) is 5.97 Å². The number of halogens is 1. The smallest absolute Gasteiger partial charge is 0.145 e. The van der Waals surface area contributed by atoms with E-state index in [2.05, 4.69) is 88.3 Å². The molecule has 3 rings (SSSR count). The standard InChI is InChI=1S/C25H26BrO2P.C10H12O2/c1-3-28-25(27)21(2)19-20-29(26,22-13-7-4-8-14-22,23-15-9-5-10-16-23)24-17-11-6-12-18-24;1-9(7-11)5-3-4-6-10(2)8-12/h4-19H,3,20H2,1-2H3;3-8H,1-2H3/b21-19+;4-3+,9-5+,10-6+. The Kier molecular flexibility index (Phi) is 13.6. The van der Waals surface area contributed by atoms with Crippen LogP contribution in [0.4, 0.5) is 0 Å². The maximum absolute atomic E-state index is 12.3. The Balaban J connectivity index is 0.000000415. The Morgan fingerprint density at radius 3 is 1.39 bits per heavy atom. The normalized spacial score (nSPS) is 13.4. The summed E-state index contributed by atoms with van der Waals surface area (Å²) in [6, 6.07) is 31.6. The summed E-state index contributed by atoms with van der Waals surface area (Å²) in [6.45, 7) is 7.46. The molecule has 3 aromatic carbocycles. The largest absolute Gasteiger partial charge is 0.298 e. The van der Waals surface area contributed by atoms with Gasteiger partial charge in [0.25, 0.3) is 0 Å². The van der Waals surface area contributed by atoms with Crippen LogP contribution in [0.25, 0.3) is 0 Å². The SMILES string of the molecule is CCOC(=O)/C(C)=C/CP(Br)(c1ccccc1)(c1ccccc1)c1ccccc1.C\C(C=O)=C/C=C/C=C(\C)C=O. The molecule has 41 heavy (non-hydrogen) atoms. The van der Waals surface area contributed by atoms with Crippen LogP contribution in [0.1, 0.15) is 27.7 Å². The molecular weight excluding hydrogens is 595 g/mol. The van der Waals surface area contributed by atoms with Crippen LogP contribution in [0.15, 0.2) is 138 Å². The van der Waals surface area contributed by atoms with Gasteiger partial charge in [0.1, 0.15) is 12.6 Å². The average Bonchev–Trinajstić information content (AvgIpc) is 3.03. The summed E-state index contributed by atoms with van der Waals surface area (Å²) >= 11 is 4.37. The van der Waals surface area contributed by atoms with Crippen molar-refractivity contribution in [3.63, 3.8) is 0 Å². The Morgan fingerprint density at radius 1 is 0.707 bits per heavy atom. The third kappa shape index (κ3) is 8.91. The van der Waals surface area contributed by atoms with Gasteiger partial charge in [-0.2, -0.15) is 0 Å². The van der Waals surface area contributed by atoms with E-state index in [4.69, 9.17) is 4.74 Å². The molecule has 0 aliphatic carbocycles. The van der Waals surface area contributed by atoms with Crippen molar-refractivity contribution in [3.8, 4) is 0 Å². The molecule has 214 valence electrons. The van der Waals surface area contributed by atoms with Gasteiger partial charge < -0.3 is 0 Å². The number of ether oxygens (including phenoxy) is 1. The maximum Gasteiger partial charge on any atom is 0.145 e. The van der Waals surface area contributed by atoms with E-state index in [9.17, 15) is 14.4 Å². The summed E-state index contributed by atoms with van der Waals surface area (Å²) in [6.07, 6.45) is 11.1. The number of aldehydes is 2. The molecule has 0 fully saturated rings. The van der Waals surface area contributed by atoms with Gasteiger partial charge in [0.05, 0.1) is 0 Å². The van der Waals surface area contributed by atoms with Gasteiger partial charge in [0.2, 0.25) is 0 Å². The van der Waals surface area contributed by atoms with Gasteiger partial charge in [0, 0.05) is 0 Å². The molecular formula is C35H38BrO4P. The Labute approximate surface area is 252 Å². The van der Waals surface area contributed by atoms with E-state index in [1.165, 1.54) is 15.9 Å². The summed E-state index contributed by atoms with van der Waals surface area (Å²) in [7, 11) is 0. The first-order valence-corrected chi connectivity index (χ1v) is 17.8. The molecule has 0 saturated heterocycles. The zero-order valence-corrected chi connectivity index (χ0v) is 26.6. The Bertz CT molecular complexity index is 1280. The predicted octanol–water partition coefficient (Wildman–Crippen LogP) is 7.17. The van der Waals surface area contributed by atoms with Gasteiger partial charge in [0.15, 0.2) is 0 Å². The quantitative estimate of drug-likeness (QED) is 0.0739. The van der Waals surface area contributed by atoms with Crippen molar-refractivity contribution in [2.45, 2.75) is 27.7 Å². The minimum absolute atomic E-state index is 0.265. The molecule has 0 spiro atoms. The molecule has 0 N–H and O–H groups in total. The van der Waals surface area contributed by atoms with Crippen LogP contribution >= 0.6 is 20.8 Å². The molecule has 4 nitrogen and oxygen atoms in total. The van der Waals surface area contributed by atoms with Crippen molar-refractivity contribution in [2.24, 2.45) is 0 Å². The van der Waals surface area contributed by atoms with Crippen LogP contribution in [0.3, 0.4) is 0 Å². The minimum atomic E-state index is -3.04. The molecule has 0 aliphatic rings. The van der Waals surface area contributed by atoms with Crippen molar-refractivity contribution >= 4 is 55.3 Å². The van der Waals surface area contributed by atoms with Crippen LogP contribution in [0.5, 0.6) is 0 Å². The molecule has 0 heterocycles. The number of carbonyl (C=O) groups excluding carboxylic acids is 3. The van der Waals surface area contributed by atoms with Crippen LogP contribution in [0.2, 0.25) is 0 Å². The summed E-state index contributed by atoms with van der Waals surface area (Å²) in [4.78, 5) is 32.5. The molecule has 0 amide bonds. The second-order valence-corrected chi connectivity index (χ2v) is 18.4. The third-order valence-electron chi connectivity index (χ3n) is 6.42. The fourth-order valence-electron chi connectivity index (χ4n) is 4.11. The van der Waals surface area contributed by atoms with Gasteiger partial charge in [-0.1, -0.05) is 24.3 Å². The van der Waals surface area contributed by atoms with E-state index in [1.807, 2.05) is 38.1 Å². The molecule has 0 bridgehead atoms. The third-order valence-corrected chi connectivity index (χ3v) is 16.0. The van der Waals surface area contributed by atoms with E-state index in [0.717, 1.165) is 12.6 Å². The van der Waals surface area contributed by atoms with Gasteiger partial charge in [-0.3, -0.25) is 9.59 Å². The first kappa shape index (κ1) is 33.5. The molecule has 0 atom stereocenters. The van der Waals surface area contributed by atoms with Crippen LogP contribution in [0, 0.1) is 0 Å².